The molecule has 0 aromatic rings. The Kier molecular flexibility index (Phi) is 3.56. The summed E-state index contributed by atoms with van der Waals surface area (Å²) >= 11 is 1.69. The number of nitrogens with zero attached hydrogens (tertiary/aromatic N) is 2. The van der Waals surface area contributed by atoms with Crippen molar-refractivity contribution in [2.75, 3.05) is 6.54 Å². The SMILES string of the molecule is CC1(C)N[C@H](C(=O)N2C[C@@H](F)C[C@H]2C#N)C(C)(C)S1. The summed E-state index contributed by atoms with van der Waals surface area (Å²) in [5.41, 5.74) is 0. The number of thioether (sulfide) groups is 1. The van der Waals surface area contributed by atoms with Gasteiger partial charge in [0.25, 0.3) is 0 Å². The molecule has 0 aromatic carbocycles. The van der Waals surface area contributed by atoms with Crippen LogP contribution in [-0.4, -0.2) is 45.2 Å². The number of amides is 1. The van der Waals surface area contributed by atoms with E-state index < -0.39 is 12.2 Å². The van der Waals surface area contributed by atoms with Gasteiger partial charge in [0.1, 0.15) is 18.3 Å². The van der Waals surface area contributed by atoms with E-state index in [4.69, 9.17) is 5.26 Å². The largest absolute Gasteiger partial charge is 0.322 e. The smallest absolute Gasteiger partial charge is 0.242 e. The second-order valence-corrected chi connectivity index (χ2v) is 8.54. The highest BCUT2D eigenvalue weighted by Gasteiger charge is 2.51. The number of alkyl halides is 1. The molecule has 3 atom stereocenters. The molecule has 2 aliphatic heterocycles. The predicted octanol–water partition coefficient (Wildman–Crippen LogP) is 1.67. The summed E-state index contributed by atoms with van der Waals surface area (Å²) < 4.78 is 13.2. The average molecular weight is 285 g/mol. The van der Waals surface area contributed by atoms with E-state index >= 15 is 0 Å². The molecule has 6 heteroatoms. The summed E-state index contributed by atoms with van der Waals surface area (Å²) in [7, 11) is 0. The fourth-order valence-electron chi connectivity index (χ4n) is 2.94. The zero-order valence-corrected chi connectivity index (χ0v) is 12.6. The highest BCUT2D eigenvalue weighted by atomic mass is 32.2. The summed E-state index contributed by atoms with van der Waals surface area (Å²) in [6.07, 6.45) is -0.954. The van der Waals surface area contributed by atoms with Gasteiger partial charge >= 0.3 is 0 Å². The van der Waals surface area contributed by atoms with Crippen molar-refractivity contribution in [3.63, 3.8) is 0 Å². The average Bonchev–Trinajstić information content (AvgIpc) is 2.74. The van der Waals surface area contributed by atoms with Crippen molar-refractivity contribution < 1.29 is 9.18 Å². The molecule has 0 aromatic heterocycles. The lowest BCUT2D eigenvalue weighted by atomic mass is 10.0. The summed E-state index contributed by atoms with van der Waals surface area (Å²) in [5, 5.41) is 12.3. The lowest BCUT2D eigenvalue weighted by molar-refractivity contribution is -0.134. The lowest BCUT2D eigenvalue weighted by Crippen LogP contribution is -2.54. The first-order valence-corrected chi connectivity index (χ1v) is 7.30. The molecule has 1 N–H and O–H groups in total. The molecule has 2 rings (SSSR count). The van der Waals surface area contributed by atoms with Gasteiger partial charge in [-0.15, -0.1) is 11.8 Å². The standard InChI is InChI=1S/C13H20FN3OS/c1-12(2)10(16-13(3,4)19-12)11(18)17-7-8(14)5-9(17)6-15/h8-10,16H,5,7H2,1-4H3/t8-,9-,10+/m0/s1. The van der Waals surface area contributed by atoms with Crippen LogP contribution in [0, 0.1) is 11.3 Å². The first kappa shape index (κ1) is 14.6. The van der Waals surface area contributed by atoms with Crippen LogP contribution >= 0.6 is 11.8 Å². The number of rotatable bonds is 1. The predicted molar refractivity (Wildman–Crippen MR) is 73.3 cm³/mol. The molecule has 106 valence electrons. The van der Waals surface area contributed by atoms with Crippen LogP contribution in [0.5, 0.6) is 0 Å². The van der Waals surface area contributed by atoms with Crippen LogP contribution in [0.3, 0.4) is 0 Å². The van der Waals surface area contributed by atoms with Crippen molar-refractivity contribution in [3.8, 4) is 6.07 Å². The molecule has 0 aliphatic carbocycles. The Morgan fingerprint density at radius 3 is 2.58 bits per heavy atom. The highest BCUT2D eigenvalue weighted by Crippen LogP contribution is 2.45. The molecule has 1 amide bonds. The summed E-state index contributed by atoms with van der Waals surface area (Å²) in [5.74, 6) is -0.158. The van der Waals surface area contributed by atoms with E-state index in [0.29, 0.717) is 0 Å². The van der Waals surface area contributed by atoms with Crippen LogP contribution < -0.4 is 5.32 Å². The number of nitriles is 1. The van der Waals surface area contributed by atoms with Gasteiger partial charge in [-0.05, 0) is 27.7 Å². The maximum absolute atomic E-state index is 13.4. The highest BCUT2D eigenvalue weighted by molar-refractivity contribution is 8.02. The molecule has 0 bridgehead atoms. The van der Waals surface area contributed by atoms with Crippen molar-refractivity contribution in [2.24, 2.45) is 0 Å². The minimum absolute atomic E-state index is 0.0381. The first-order chi connectivity index (χ1) is 8.66. The Balaban J connectivity index is 2.19. The first-order valence-electron chi connectivity index (χ1n) is 6.48. The third-order valence-electron chi connectivity index (χ3n) is 3.63. The normalized spacial score (nSPS) is 36.2. The number of nitrogens with one attached hydrogen (secondary N) is 1. The van der Waals surface area contributed by atoms with Gasteiger partial charge in [-0.1, -0.05) is 0 Å². The molecular formula is C13H20FN3OS. The summed E-state index contributed by atoms with van der Waals surface area (Å²) in [6, 6.07) is 1.02. The number of carbonyl (C=O) groups is 1. The van der Waals surface area contributed by atoms with Crippen molar-refractivity contribution >= 4 is 17.7 Å². The van der Waals surface area contributed by atoms with E-state index in [0.717, 1.165) is 0 Å². The Labute approximate surface area is 117 Å². The second kappa shape index (κ2) is 4.64. The lowest BCUT2D eigenvalue weighted by Gasteiger charge is -2.29. The van der Waals surface area contributed by atoms with Crippen LogP contribution in [-0.2, 0) is 4.79 Å². The fourth-order valence-corrected chi connectivity index (χ4v) is 4.71. The van der Waals surface area contributed by atoms with E-state index in [2.05, 4.69) is 5.32 Å². The van der Waals surface area contributed by atoms with Crippen molar-refractivity contribution in [1.82, 2.24) is 10.2 Å². The van der Waals surface area contributed by atoms with Crippen molar-refractivity contribution in [2.45, 2.75) is 62.0 Å². The fraction of sp³-hybridized carbons (Fsp3) is 0.846. The molecule has 19 heavy (non-hydrogen) atoms. The molecule has 2 heterocycles. The van der Waals surface area contributed by atoms with Crippen LogP contribution in [0.4, 0.5) is 4.39 Å². The second-order valence-electron chi connectivity index (χ2n) is 6.26. The number of likely N-dealkylation sites (tertiary alicyclic amines) is 1. The molecule has 2 saturated heterocycles. The molecule has 0 saturated carbocycles. The monoisotopic (exact) mass is 285 g/mol. The molecule has 0 spiro atoms. The Morgan fingerprint density at radius 2 is 2.11 bits per heavy atom. The minimum atomic E-state index is -1.08. The van der Waals surface area contributed by atoms with E-state index in [-0.39, 0.29) is 34.5 Å². The van der Waals surface area contributed by atoms with Crippen LogP contribution in [0.2, 0.25) is 0 Å². The summed E-state index contributed by atoms with van der Waals surface area (Å²) in [6.45, 7) is 8.10. The number of hydrogen-bond donors (Lipinski definition) is 1. The van der Waals surface area contributed by atoms with Gasteiger partial charge in [-0.2, -0.15) is 5.26 Å². The van der Waals surface area contributed by atoms with Crippen LogP contribution in [0.1, 0.15) is 34.1 Å². The van der Waals surface area contributed by atoms with E-state index in [9.17, 15) is 9.18 Å². The zero-order valence-electron chi connectivity index (χ0n) is 11.7. The topological polar surface area (TPSA) is 56.1 Å². The van der Waals surface area contributed by atoms with Crippen LogP contribution in [0.25, 0.3) is 0 Å². The van der Waals surface area contributed by atoms with Crippen molar-refractivity contribution in [3.05, 3.63) is 0 Å². The van der Waals surface area contributed by atoms with Gasteiger partial charge in [0.2, 0.25) is 5.91 Å². The molecule has 4 nitrogen and oxygen atoms in total. The quantitative estimate of drug-likeness (QED) is 0.796. The molecule has 0 unspecified atom stereocenters. The maximum atomic E-state index is 13.4. The van der Waals surface area contributed by atoms with Gasteiger partial charge < -0.3 is 4.90 Å². The Morgan fingerprint density at radius 1 is 1.47 bits per heavy atom. The van der Waals surface area contributed by atoms with Gasteiger partial charge in [0, 0.05) is 11.2 Å². The van der Waals surface area contributed by atoms with E-state index in [1.54, 1.807) is 11.8 Å². The molecular weight excluding hydrogens is 265 g/mol. The number of halogens is 1. The van der Waals surface area contributed by atoms with Crippen molar-refractivity contribution in [1.29, 1.82) is 5.26 Å². The van der Waals surface area contributed by atoms with E-state index in [1.807, 2.05) is 33.8 Å². The maximum Gasteiger partial charge on any atom is 0.242 e. The molecule has 2 fully saturated rings. The van der Waals surface area contributed by atoms with E-state index in [1.165, 1.54) is 4.90 Å². The molecule has 0 radical (unpaired) electrons. The number of hydrogen-bond acceptors (Lipinski definition) is 4. The third kappa shape index (κ3) is 2.72. The Hall–Kier alpha value is -0.800. The minimum Gasteiger partial charge on any atom is -0.322 e. The third-order valence-corrected chi connectivity index (χ3v) is 5.02. The zero-order chi connectivity index (χ0) is 14.4. The van der Waals surface area contributed by atoms with Gasteiger partial charge in [0.15, 0.2) is 0 Å². The summed E-state index contributed by atoms with van der Waals surface area (Å²) in [4.78, 5) is 13.8. The van der Waals surface area contributed by atoms with Gasteiger partial charge in [0.05, 0.1) is 17.5 Å². The molecule has 2 aliphatic rings. The van der Waals surface area contributed by atoms with Gasteiger partial charge in [-0.25, -0.2) is 4.39 Å². The number of carbonyl (C=O) groups excluding carboxylic acids is 1. The van der Waals surface area contributed by atoms with Crippen LogP contribution in [0.15, 0.2) is 0 Å². The Bertz CT molecular complexity index is 432. The van der Waals surface area contributed by atoms with Gasteiger partial charge in [-0.3, -0.25) is 10.1 Å².